The number of nitrogens with two attached hydrogens (primary N) is 1. The lowest BCUT2D eigenvalue weighted by molar-refractivity contribution is 0.592. The molecule has 0 heterocycles. The van der Waals surface area contributed by atoms with Gasteiger partial charge in [-0.15, -0.1) is 0 Å². The molecule has 0 unspecified atom stereocenters. The third kappa shape index (κ3) is 3.40. The van der Waals surface area contributed by atoms with E-state index in [9.17, 15) is 8.42 Å². The Labute approximate surface area is 129 Å². The summed E-state index contributed by atoms with van der Waals surface area (Å²) in [5, 5.41) is 14.4. The lowest BCUT2D eigenvalue weighted by atomic mass is 9.90. The topological polar surface area (TPSA) is 83.9 Å². The van der Waals surface area contributed by atoms with Gasteiger partial charge in [-0.3, -0.25) is 0 Å². The van der Waals surface area contributed by atoms with E-state index in [4.69, 9.17) is 10.4 Å². The van der Waals surface area contributed by atoms with Crippen LogP contribution in [0, 0.1) is 11.3 Å². The maximum Gasteiger partial charge on any atom is 0.238 e. The molecule has 0 bridgehead atoms. The first kappa shape index (κ1) is 17.2. The molecular formula is C14H19BrN2O2S. The summed E-state index contributed by atoms with van der Waals surface area (Å²) in [7, 11) is -3.86. The number of rotatable bonds is 4. The minimum atomic E-state index is -3.86. The number of sulfonamides is 1. The molecule has 20 heavy (non-hydrogen) atoms. The van der Waals surface area contributed by atoms with Gasteiger partial charge in [-0.05, 0) is 34.6 Å². The zero-order valence-corrected chi connectivity index (χ0v) is 14.5. The van der Waals surface area contributed by atoms with Gasteiger partial charge in [-0.25, -0.2) is 13.6 Å². The minimum absolute atomic E-state index is 0.00587. The molecule has 110 valence electrons. The van der Waals surface area contributed by atoms with E-state index in [0.29, 0.717) is 21.2 Å². The van der Waals surface area contributed by atoms with Gasteiger partial charge in [0.15, 0.2) is 0 Å². The number of nitrogens with zero attached hydrogens (tertiary/aromatic N) is 1. The van der Waals surface area contributed by atoms with Crippen LogP contribution in [0.4, 0.5) is 0 Å². The van der Waals surface area contributed by atoms with Crippen molar-refractivity contribution in [2.45, 2.75) is 50.8 Å². The highest BCUT2D eigenvalue weighted by molar-refractivity contribution is 9.10. The Balaban J connectivity index is 3.94. The Morgan fingerprint density at radius 2 is 1.75 bits per heavy atom. The summed E-state index contributed by atoms with van der Waals surface area (Å²) in [6.07, 6.45) is 0.160. The highest BCUT2D eigenvalue weighted by Gasteiger charge is 2.27. The van der Waals surface area contributed by atoms with Gasteiger partial charge in [0.2, 0.25) is 10.0 Å². The molecule has 1 aromatic carbocycles. The minimum Gasteiger partial charge on any atom is -0.225 e. The van der Waals surface area contributed by atoms with Gasteiger partial charge < -0.3 is 0 Å². The van der Waals surface area contributed by atoms with Crippen molar-refractivity contribution < 1.29 is 8.42 Å². The van der Waals surface area contributed by atoms with Crippen molar-refractivity contribution in [3.8, 4) is 6.07 Å². The van der Waals surface area contributed by atoms with Gasteiger partial charge in [-0.1, -0.05) is 43.6 Å². The van der Waals surface area contributed by atoms with E-state index < -0.39 is 10.0 Å². The van der Waals surface area contributed by atoms with Crippen LogP contribution in [-0.2, 0) is 16.4 Å². The fourth-order valence-corrected chi connectivity index (χ4v) is 4.81. The second kappa shape index (κ2) is 6.25. The van der Waals surface area contributed by atoms with Gasteiger partial charge in [0, 0.05) is 4.47 Å². The summed E-state index contributed by atoms with van der Waals surface area (Å²) in [4.78, 5) is 0.169. The number of nitriles is 1. The van der Waals surface area contributed by atoms with Crippen molar-refractivity contribution >= 4 is 26.0 Å². The van der Waals surface area contributed by atoms with Gasteiger partial charge in [0.1, 0.15) is 0 Å². The molecule has 0 spiro atoms. The fraction of sp³-hybridized carbons (Fsp3) is 0.500. The van der Waals surface area contributed by atoms with Crippen LogP contribution in [0.3, 0.4) is 0 Å². The third-order valence-electron chi connectivity index (χ3n) is 3.10. The van der Waals surface area contributed by atoms with E-state index in [0.717, 1.165) is 0 Å². The molecule has 2 N–H and O–H groups in total. The molecule has 1 aromatic rings. The molecule has 0 aliphatic carbocycles. The van der Waals surface area contributed by atoms with Crippen molar-refractivity contribution in [1.82, 2.24) is 0 Å². The molecule has 0 radical (unpaired) electrons. The molecule has 0 saturated heterocycles. The molecule has 4 nitrogen and oxygen atoms in total. The van der Waals surface area contributed by atoms with Crippen LogP contribution in [0.2, 0.25) is 0 Å². The van der Waals surface area contributed by atoms with Crippen LogP contribution in [0.5, 0.6) is 0 Å². The van der Waals surface area contributed by atoms with Crippen molar-refractivity contribution in [3.05, 3.63) is 27.2 Å². The smallest absolute Gasteiger partial charge is 0.225 e. The second-order valence-corrected chi connectivity index (χ2v) is 7.72. The zero-order chi connectivity index (χ0) is 15.7. The number of benzene rings is 1. The molecule has 0 amide bonds. The van der Waals surface area contributed by atoms with E-state index in [-0.39, 0.29) is 23.2 Å². The van der Waals surface area contributed by atoms with Crippen LogP contribution in [-0.4, -0.2) is 8.42 Å². The largest absolute Gasteiger partial charge is 0.238 e. The maximum atomic E-state index is 12.1. The van der Waals surface area contributed by atoms with Crippen molar-refractivity contribution in [2.24, 2.45) is 5.14 Å². The predicted molar refractivity (Wildman–Crippen MR) is 83.0 cm³/mol. The van der Waals surface area contributed by atoms with Crippen LogP contribution >= 0.6 is 15.9 Å². The highest BCUT2D eigenvalue weighted by atomic mass is 79.9. The number of halogens is 1. The Morgan fingerprint density at radius 1 is 1.25 bits per heavy atom. The molecule has 0 atom stereocenters. The normalized spacial score (nSPS) is 11.9. The Kier molecular flexibility index (Phi) is 5.36. The summed E-state index contributed by atoms with van der Waals surface area (Å²) >= 11 is 3.41. The van der Waals surface area contributed by atoms with Crippen molar-refractivity contribution in [3.63, 3.8) is 0 Å². The predicted octanol–water partition coefficient (Wildman–Crippen LogP) is 3.41. The highest BCUT2D eigenvalue weighted by Crippen LogP contribution is 2.38. The summed E-state index contributed by atoms with van der Waals surface area (Å²) in [5.74, 6) is -0.0244. The third-order valence-corrected chi connectivity index (χ3v) is 4.77. The lowest BCUT2D eigenvalue weighted by Crippen LogP contribution is -2.20. The molecule has 0 fully saturated rings. The van der Waals surface area contributed by atoms with E-state index in [1.165, 1.54) is 0 Å². The van der Waals surface area contributed by atoms with Crippen LogP contribution in [0.25, 0.3) is 0 Å². The van der Waals surface area contributed by atoms with Gasteiger partial charge in [0.25, 0.3) is 0 Å². The number of hydrogen-bond donors (Lipinski definition) is 1. The molecule has 0 aliphatic rings. The molecular weight excluding hydrogens is 340 g/mol. The number of hydrogen-bond acceptors (Lipinski definition) is 3. The summed E-state index contributed by atoms with van der Waals surface area (Å²) in [5.41, 5.74) is 2.04. The Morgan fingerprint density at radius 3 is 2.10 bits per heavy atom. The first-order chi connectivity index (χ1) is 9.11. The molecule has 0 aliphatic heterocycles. The molecule has 1 rings (SSSR count). The van der Waals surface area contributed by atoms with Crippen LogP contribution in [0.15, 0.2) is 15.4 Å². The van der Waals surface area contributed by atoms with E-state index in [2.05, 4.69) is 22.0 Å². The van der Waals surface area contributed by atoms with Gasteiger partial charge in [0.05, 0.1) is 17.4 Å². The first-order valence-corrected chi connectivity index (χ1v) is 8.70. The van der Waals surface area contributed by atoms with E-state index in [1.807, 2.05) is 33.8 Å². The molecule has 0 saturated carbocycles. The van der Waals surface area contributed by atoms with Crippen molar-refractivity contribution in [1.29, 1.82) is 5.26 Å². The van der Waals surface area contributed by atoms with Crippen LogP contribution < -0.4 is 5.14 Å². The second-order valence-electron chi connectivity index (χ2n) is 5.36. The first-order valence-electron chi connectivity index (χ1n) is 6.36. The SMILES string of the molecule is CC(C)c1c(Br)cc(CC#N)c(C(C)C)c1S(N)(=O)=O. The molecule has 0 aromatic heterocycles. The Hall–Kier alpha value is -0.900. The van der Waals surface area contributed by atoms with Gasteiger partial charge >= 0.3 is 0 Å². The van der Waals surface area contributed by atoms with Crippen LogP contribution in [0.1, 0.15) is 56.2 Å². The quantitative estimate of drug-likeness (QED) is 0.894. The average Bonchev–Trinajstić information content (AvgIpc) is 2.25. The lowest BCUT2D eigenvalue weighted by Gasteiger charge is -2.22. The molecule has 6 heteroatoms. The van der Waals surface area contributed by atoms with E-state index in [1.54, 1.807) is 0 Å². The zero-order valence-electron chi connectivity index (χ0n) is 12.1. The summed E-state index contributed by atoms with van der Waals surface area (Å²) in [6.45, 7) is 7.65. The average molecular weight is 359 g/mol. The maximum absolute atomic E-state index is 12.1. The summed E-state index contributed by atoms with van der Waals surface area (Å²) in [6, 6.07) is 3.91. The van der Waals surface area contributed by atoms with Gasteiger partial charge in [-0.2, -0.15) is 5.26 Å². The van der Waals surface area contributed by atoms with E-state index >= 15 is 0 Å². The van der Waals surface area contributed by atoms with Crippen molar-refractivity contribution in [2.75, 3.05) is 0 Å². The number of primary sulfonamides is 1. The monoisotopic (exact) mass is 358 g/mol. The fourth-order valence-electron chi connectivity index (χ4n) is 2.42. The standard InChI is InChI=1S/C14H19BrN2O2S/c1-8(2)12-10(5-6-16)7-11(15)13(9(3)4)14(12)20(17,18)19/h7-9H,5H2,1-4H3,(H2,17,18,19). The Bertz CT molecular complexity index is 659. The summed E-state index contributed by atoms with van der Waals surface area (Å²) < 4.78 is 24.8.